The highest BCUT2D eigenvalue weighted by atomic mass is 19.4. The Morgan fingerprint density at radius 2 is 1.95 bits per heavy atom. The molecular formula is C29H30F4N4O. The Labute approximate surface area is 218 Å². The van der Waals surface area contributed by atoms with Crippen molar-refractivity contribution in [3.05, 3.63) is 89.2 Å². The molecule has 1 aromatic heterocycles. The van der Waals surface area contributed by atoms with Crippen LogP contribution in [0.4, 0.5) is 28.9 Å². The van der Waals surface area contributed by atoms with Gasteiger partial charge in [0.15, 0.2) is 0 Å². The van der Waals surface area contributed by atoms with Gasteiger partial charge in [0.25, 0.3) is 0 Å². The summed E-state index contributed by atoms with van der Waals surface area (Å²) in [5.74, 6) is -4.50. The minimum absolute atomic E-state index is 0.244. The van der Waals surface area contributed by atoms with Gasteiger partial charge in [-0.1, -0.05) is 24.1 Å². The minimum Gasteiger partial charge on any atom is -0.356 e. The average molecular weight is 527 g/mol. The molecule has 1 saturated carbocycles. The first kappa shape index (κ1) is 26.2. The second-order valence-electron chi connectivity index (χ2n) is 10.5. The van der Waals surface area contributed by atoms with E-state index in [0.717, 1.165) is 28.1 Å². The molecule has 0 saturated heterocycles. The van der Waals surface area contributed by atoms with Crippen molar-refractivity contribution in [1.82, 2.24) is 4.98 Å². The van der Waals surface area contributed by atoms with Crippen LogP contribution in [0.15, 0.2) is 83.4 Å². The van der Waals surface area contributed by atoms with Crippen LogP contribution in [0.2, 0.25) is 0 Å². The molecule has 1 heterocycles. The number of hydrogen-bond acceptors (Lipinski definition) is 4. The molecule has 1 fully saturated rings. The van der Waals surface area contributed by atoms with Crippen LogP contribution in [0, 0.1) is 29.0 Å². The molecular weight excluding hydrogens is 496 g/mol. The number of anilines is 2. The third-order valence-corrected chi connectivity index (χ3v) is 8.22. The number of nitrogens with two attached hydrogens (primary N) is 1. The van der Waals surface area contributed by atoms with Gasteiger partial charge >= 0.3 is 6.18 Å². The van der Waals surface area contributed by atoms with E-state index in [4.69, 9.17) is 5.73 Å². The van der Waals surface area contributed by atoms with E-state index in [0.29, 0.717) is 24.9 Å². The lowest BCUT2D eigenvalue weighted by Crippen LogP contribution is -2.49. The monoisotopic (exact) mass is 526 g/mol. The maximum atomic E-state index is 14.2. The molecule has 3 aliphatic carbocycles. The van der Waals surface area contributed by atoms with Crippen molar-refractivity contribution >= 4 is 17.3 Å². The number of alkyl halides is 3. The molecule has 4 N–H and O–H groups in total. The van der Waals surface area contributed by atoms with Crippen LogP contribution in [0.25, 0.3) is 0 Å². The first-order valence-electron chi connectivity index (χ1n) is 12.7. The molecule has 2 aromatic rings. The molecule has 38 heavy (non-hydrogen) atoms. The number of amides is 1. The van der Waals surface area contributed by atoms with Crippen molar-refractivity contribution in [3.8, 4) is 0 Å². The molecule has 5 nitrogen and oxygen atoms in total. The number of fused-ring (bicyclic) bond motifs is 3. The van der Waals surface area contributed by atoms with E-state index < -0.39 is 35.3 Å². The number of halogens is 4. The SMILES string of the molecule is C[C@]12CC(CN)=C(Nc3ccc(F)cc3)C=C1CCC1C2=CC[C@@H](C(F)(F)F)[C@@H]1C(=O)Nc1cccnc1. The van der Waals surface area contributed by atoms with Gasteiger partial charge in [0.2, 0.25) is 5.91 Å². The first-order chi connectivity index (χ1) is 18.1. The smallest absolute Gasteiger partial charge is 0.356 e. The van der Waals surface area contributed by atoms with Crippen molar-refractivity contribution < 1.29 is 22.4 Å². The number of aromatic nitrogens is 1. The average Bonchev–Trinajstić information content (AvgIpc) is 2.89. The summed E-state index contributed by atoms with van der Waals surface area (Å²) >= 11 is 0. The van der Waals surface area contributed by atoms with Crippen molar-refractivity contribution in [2.24, 2.45) is 28.9 Å². The number of carbonyl (C=O) groups is 1. The summed E-state index contributed by atoms with van der Waals surface area (Å²) in [6, 6.07) is 9.28. The highest BCUT2D eigenvalue weighted by Crippen LogP contribution is 2.59. The van der Waals surface area contributed by atoms with Crippen molar-refractivity contribution in [2.45, 2.75) is 38.8 Å². The van der Waals surface area contributed by atoms with Gasteiger partial charge in [0.05, 0.1) is 23.7 Å². The zero-order chi connectivity index (χ0) is 27.1. The van der Waals surface area contributed by atoms with Gasteiger partial charge in [-0.3, -0.25) is 9.78 Å². The van der Waals surface area contributed by atoms with E-state index in [-0.39, 0.29) is 18.8 Å². The standard InChI is InChI=1S/C29H30F4N4O/c1-28-14-17(15-34)25(36-20-7-5-19(30)6-8-20)13-18(28)4-9-22-23(28)10-11-24(29(31,32)33)26(22)27(38)37-21-3-2-12-35-16-21/h2-3,5-8,10,12-13,16,22,24,26,36H,4,9,11,14-15,34H2,1H3,(H,37,38)/t22?,24-,26-,28+/m1/s1. The Morgan fingerprint density at radius 1 is 1.18 bits per heavy atom. The summed E-state index contributed by atoms with van der Waals surface area (Å²) in [5.41, 5.74) is 10.4. The summed E-state index contributed by atoms with van der Waals surface area (Å²) in [6.07, 6.45) is 3.51. The van der Waals surface area contributed by atoms with Gasteiger partial charge < -0.3 is 16.4 Å². The lowest BCUT2D eigenvalue weighted by Gasteiger charge is -2.51. The number of allylic oxidation sites excluding steroid dienone is 4. The molecule has 200 valence electrons. The largest absolute Gasteiger partial charge is 0.392 e. The van der Waals surface area contributed by atoms with Crippen molar-refractivity contribution in [2.75, 3.05) is 17.2 Å². The maximum Gasteiger partial charge on any atom is 0.392 e. The molecule has 3 aliphatic rings. The number of benzene rings is 1. The quantitative estimate of drug-likeness (QED) is 0.313. The zero-order valence-corrected chi connectivity index (χ0v) is 21.0. The summed E-state index contributed by atoms with van der Waals surface area (Å²) < 4.78 is 55.9. The van der Waals surface area contributed by atoms with Crippen LogP contribution in [-0.4, -0.2) is 23.6 Å². The van der Waals surface area contributed by atoms with Crippen LogP contribution in [-0.2, 0) is 4.79 Å². The number of nitrogens with one attached hydrogen (secondary N) is 2. The molecule has 1 amide bonds. The Morgan fingerprint density at radius 3 is 2.61 bits per heavy atom. The first-order valence-corrected chi connectivity index (χ1v) is 12.7. The van der Waals surface area contributed by atoms with E-state index >= 15 is 0 Å². The molecule has 0 spiro atoms. The third kappa shape index (κ3) is 4.87. The molecule has 4 atom stereocenters. The van der Waals surface area contributed by atoms with E-state index in [1.807, 2.05) is 13.0 Å². The lowest BCUT2D eigenvalue weighted by molar-refractivity contribution is -0.196. The minimum atomic E-state index is -4.50. The van der Waals surface area contributed by atoms with Gasteiger partial charge in [-0.15, -0.1) is 0 Å². The van der Waals surface area contributed by atoms with Gasteiger partial charge in [-0.2, -0.15) is 13.2 Å². The van der Waals surface area contributed by atoms with Gasteiger partial charge in [0, 0.05) is 29.5 Å². The summed E-state index contributed by atoms with van der Waals surface area (Å²) in [7, 11) is 0. The van der Waals surface area contributed by atoms with Gasteiger partial charge in [0.1, 0.15) is 5.82 Å². The predicted molar refractivity (Wildman–Crippen MR) is 138 cm³/mol. The number of nitrogens with zero attached hydrogens (tertiary/aromatic N) is 1. The van der Waals surface area contributed by atoms with Crippen LogP contribution >= 0.6 is 0 Å². The highest BCUT2D eigenvalue weighted by Gasteiger charge is 2.56. The Balaban J connectivity index is 1.47. The number of carbonyl (C=O) groups excluding carboxylic acids is 1. The van der Waals surface area contributed by atoms with E-state index in [9.17, 15) is 22.4 Å². The molecule has 5 rings (SSSR count). The van der Waals surface area contributed by atoms with E-state index in [2.05, 4.69) is 15.6 Å². The Kier molecular flexibility index (Phi) is 6.90. The third-order valence-electron chi connectivity index (χ3n) is 8.22. The summed E-state index contributed by atoms with van der Waals surface area (Å²) in [6.45, 7) is 2.31. The van der Waals surface area contributed by atoms with Crippen LogP contribution in [0.1, 0.15) is 32.6 Å². The maximum absolute atomic E-state index is 14.2. The zero-order valence-electron chi connectivity index (χ0n) is 21.0. The van der Waals surface area contributed by atoms with Crippen LogP contribution in [0.5, 0.6) is 0 Å². The Bertz CT molecular complexity index is 1300. The Hall–Kier alpha value is -3.46. The van der Waals surface area contributed by atoms with Crippen LogP contribution in [0.3, 0.4) is 0 Å². The number of hydrogen-bond donors (Lipinski definition) is 3. The second kappa shape index (κ2) is 10.0. The highest BCUT2D eigenvalue weighted by molar-refractivity contribution is 5.93. The molecule has 0 radical (unpaired) electrons. The number of rotatable bonds is 5. The molecule has 9 heteroatoms. The fraction of sp³-hybridized carbons (Fsp3) is 0.379. The fourth-order valence-electron chi connectivity index (χ4n) is 6.37. The molecule has 1 unspecified atom stereocenters. The van der Waals surface area contributed by atoms with E-state index in [1.54, 1.807) is 30.3 Å². The van der Waals surface area contributed by atoms with Crippen molar-refractivity contribution in [1.29, 1.82) is 0 Å². The van der Waals surface area contributed by atoms with Gasteiger partial charge in [-0.05, 0) is 79.6 Å². The number of pyridine rings is 1. The van der Waals surface area contributed by atoms with Crippen LogP contribution < -0.4 is 16.4 Å². The topological polar surface area (TPSA) is 80.0 Å². The van der Waals surface area contributed by atoms with Crippen molar-refractivity contribution in [3.63, 3.8) is 0 Å². The summed E-state index contributed by atoms with van der Waals surface area (Å²) in [4.78, 5) is 17.4. The fourth-order valence-corrected chi connectivity index (χ4v) is 6.37. The second-order valence-corrected chi connectivity index (χ2v) is 10.5. The molecule has 1 aromatic carbocycles. The molecule has 0 bridgehead atoms. The lowest BCUT2D eigenvalue weighted by atomic mass is 9.53. The predicted octanol–water partition coefficient (Wildman–Crippen LogP) is 6.36. The summed E-state index contributed by atoms with van der Waals surface area (Å²) in [5, 5.41) is 6.01. The van der Waals surface area contributed by atoms with Gasteiger partial charge in [-0.25, -0.2) is 4.39 Å². The van der Waals surface area contributed by atoms with E-state index in [1.165, 1.54) is 24.5 Å². The molecule has 0 aliphatic heterocycles. The normalized spacial score (nSPS) is 27.1.